The van der Waals surface area contributed by atoms with Gasteiger partial charge >= 0.3 is 0 Å². The van der Waals surface area contributed by atoms with Crippen LogP contribution in [0.2, 0.25) is 0 Å². The summed E-state index contributed by atoms with van der Waals surface area (Å²) in [6, 6.07) is 7.74. The Labute approximate surface area is 164 Å². The fourth-order valence-corrected chi connectivity index (χ4v) is 4.03. The molecule has 0 bridgehead atoms. The lowest BCUT2D eigenvalue weighted by Crippen LogP contribution is -2.19. The Morgan fingerprint density at radius 3 is 2.76 bits per heavy atom. The monoisotopic (exact) mass is 390 g/mol. The van der Waals surface area contributed by atoms with Crippen LogP contribution in [-0.2, 0) is 0 Å². The largest absolute Gasteiger partial charge is 0.283 e. The van der Waals surface area contributed by atoms with E-state index in [4.69, 9.17) is 0 Å². The molecule has 0 saturated heterocycles. The van der Waals surface area contributed by atoms with Crippen molar-refractivity contribution < 1.29 is 4.92 Å². The molecule has 146 valence electrons. The zero-order valence-electron chi connectivity index (χ0n) is 15.6. The number of aromatic nitrogens is 5. The van der Waals surface area contributed by atoms with Gasteiger partial charge in [-0.15, -0.1) is 5.10 Å². The van der Waals surface area contributed by atoms with Crippen molar-refractivity contribution in [1.82, 2.24) is 24.1 Å². The number of nitro groups is 1. The van der Waals surface area contributed by atoms with Gasteiger partial charge in [0.25, 0.3) is 17.0 Å². The number of nitrogens with zero attached hydrogens (tertiary/aromatic N) is 6. The average Bonchev–Trinajstić information content (AvgIpc) is 3.19. The van der Waals surface area contributed by atoms with E-state index in [1.165, 1.54) is 42.2 Å². The highest BCUT2D eigenvalue weighted by Gasteiger charge is 2.21. The van der Waals surface area contributed by atoms with Crippen LogP contribution in [0.25, 0.3) is 22.4 Å². The van der Waals surface area contributed by atoms with Gasteiger partial charge in [0.2, 0.25) is 0 Å². The van der Waals surface area contributed by atoms with Crippen LogP contribution >= 0.6 is 0 Å². The predicted octanol–water partition coefficient (Wildman–Crippen LogP) is 3.38. The number of fused-ring (bicyclic) bond motifs is 3. The smallest absolute Gasteiger partial charge is 0.271 e. The minimum absolute atomic E-state index is 0.0727. The normalized spacial score (nSPS) is 15.2. The molecule has 4 aromatic rings. The zero-order chi connectivity index (χ0) is 20.0. The first kappa shape index (κ1) is 17.5. The topological polar surface area (TPSA) is 108 Å². The number of nitro benzene ring substituents is 1. The molecular weight excluding hydrogens is 372 g/mol. The van der Waals surface area contributed by atoms with Crippen molar-refractivity contribution in [3.63, 3.8) is 0 Å². The Hall–Kier alpha value is -3.62. The first-order valence-electron chi connectivity index (χ1n) is 9.64. The van der Waals surface area contributed by atoms with Crippen LogP contribution < -0.4 is 5.56 Å². The lowest BCUT2D eigenvalue weighted by atomic mass is 9.89. The molecule has 9 heteroatoms. The van der Waals surface area contributed by atoms with E-state index >= 15 is 0 Å². The van der Waals surface area contributed by atoms with Crippen LogP contribution in [0.5, 0.6) is 0 Å². The summed E-state index contributed by atoms with van der Waals surface area (Å²) < 4.78 is 3.00. The van der Waals surface area contributed by atoms with Crippen molar-refractivity contribution in [2.45, 2.75) is 38.0 Å². The molecular formula is C20H18N6O3. The lowest BCUT2D eigenvalue weighted by Gasteiger charge is -2.17. The van der Waals surface area contributed by atoms with Gasteiger partial charge in [0, 0.05) is 30.4 Å². The molecule has 29 heavy (non-hydrogen) atoms. The summed E-state index contributed by atoms with van der Waals surface area (Å²) in [4.78, 5) is 32.5. The van der Waals surface area contributed by atoms with Crippen LogP contribution in [0.3, 0.4) is 0 Å². The van der Waals surface area contributed by atoms with Crippen LogP contribution in [0.15, 0.2) is 47.5 Å². The quantitative estimate of drug-likeness (QED) is 0.392. The fraction of sp³-hybridized carbons (Fsp3) is 0.300. The maximum Gasteiger partial charge on any atom is 0.271 e. The van der Waals surface area contributed by atoms with Crippen LogP contribution in [0.1, 0.15) is 43.8 Å². The number of rotatable bonds is 3. The third-order valence-corrected chi connectivity index (χ3v) is 5.54. The Kier molecular flexibility index (Phi) is 4.08. The molecule has 0 amide bonds. The standard InChI is InChI=1S/C20H18N6O3/c27-19-16-12-21-20-22-18(13-5-2-1-3-6-13)23-25(20)17(16)9-10-24(19)14-7-4-8-15(11-14)26(28)29/h4,7-13H,1-3,5-6H2. The van der Waals surface area contributed by atoms with Gasteiger partial charge in [-0.3, -0.25) is 19.5 Å². The molecule has 5 rings (SSSR count). The molecule has 1 aliphatic carbocycles. The summed E-state index contributed by atoms with van der Waals surface area (Å²) in [5.74, 6) is 1.60. The van der Waals surface area contributed by atoms with E-state index in [0.717, 1.165) is 18.7 Å². The van der Waals surface area contributed by atoms with Crippen LogP contribution in [0.4, 0.5) is 5.69 Å². The molecule has 3 aromatic heterocycles. The Bertz CT molecular complexity index is 1300. The number of hydrogen-bond donors (Lipinski definition) is 0. The minimum atomic E-state index is -0.483. The van der Waals surface area contributed by atoms with E-state index < -0.39 is 4.92 Å². The van der Waals surface area contributed by atoms with Crippen molar-refractivity contribution >= 4 is 22.4 Å². The molecule has 1 saturated carbocycles. The van der Waals surface area contributed by atoms with E-state index in [-0.39, 0.29) is 11.2 Å². The number of pyridine rings is 1. The predicted molar refractivity (Wildman–Crippen MR) is 106 cm³/mol. The molecule has 9 nitrogen and oxygen atoms in total. The van der Waals surface area contributed by atoms with Gasteiger partial charge in [0.1, 0.15) is 0 Å². The lowest BCUT2D eigenvalue weighted by molar-refractivity contribution is -0.384. The van der Waals surface area contributed by atoms with Crippen molar-refractivity contribution in [2.75, 3.05) is 0 Å². The summed E-state index contributed by atoms with van der Waals surface area (Å²) in [6.45, 7) is 0. The maximum atomic E-state index is 13.1. The average molecular weight is 390 g/mol. The van der Waals surface area contributed by atoms with Crippen LogP contribution in [0, 0.1) is 10.1 Å². The maximum absolute atomic E-state index is 13.1. The molecule has 0 aliphatic heterocycles. The third kappa shape index (κ3) is 2.95. The SMILES string of the molecule is O=c1c2cnc3nc(C4CCCCC4)nn3c2ccn1-c1cccc([N+](=O)[O-])c1. The highest BCUT2D eigenvalue weighted by Crippen LogP contribution is 2.31. The minimum Gasteiger partial charge on any atom is -0.283 e. The Morgan fingerprint density at radius 1 is 1.14 bits per heavy atom. The van der Waals surface area contributed by atoms with Crippen molar-refractivity contribution in [3.05, 3.63) is 69.0 Å². The van der Waals surface area contributed by atoms with E-state index in [1.54, 1.807) is 28.9 Å². The number of benzene rings is 1. The van der Waals surface area contributed by atoms with Gasteiger partial charge in [-0.1, -0.05) is 25.3 Å². The first-order valence-corrected chi connectivity index (χ1v) is 9.64. The first-order chi connectivity index (χ1) is 14.1. The molecule has 3 heterocycles. The molecule has 0 spiro atoms. The summed E-state index contributed by atoms with van der Waals surface area (Å²) in [6.07, 6.45) is 8.88. The highest BCUT2D eigenvalue weighted by atomic mass is 16.6. The van der Waals surface area contributed by atoms with Gasteiger partial charge in [0.05, 0.1) is 21.5 Å². The second-order valence-electron chi connectivity index (χ2n) is 7.34. The van der Waals surface area contributed by atoms with Crippen molar-refractivity contribution in [3.8, 4) is 5.69 Å². The zero-order valence-corrected chi connectivity index (χ0v) is 15.6. The van der Waals surface area contributed by atoms with E-state index in [2.05, 4.69) is 15.1 Å². The summed E-state index contributed by atoms with van der Waals surface area (Å²) >= 11 is 0. The summed E-state index contributed by atoms with van der Waals surface area (Å²) in [7, 11) is 0. The third-order valence-electron chi connectivity index (χ3n) is 5.54. The van der Waals surface area contributed by atoms with E-state index in [1.807, 2.05) is 0 Å². The van der Waals surface area contributed by atoms with Gasteiger partial charge < -0.3 is 0 Å². The molecule has 1 fully saturated rings. The molecule has 0 N–H and O–H groups in total. The summed E-state index contributed by atoms with van der Waals surface area (Å²) in [5, 5.41) is 16.1. The van der Waals surface area contributed by atoms with Gasteiger partial charge in [-0.2, -0.15) is 9.50 Å². The molecule has 0 unspecified atom stereocenters. The molecule has 0 atom stereocenters. The second-order valence-corrected chi connectivity index (χ2v) is 7.34. The number of non-ortho nitro benzene ring substituents is 1. The highest BCUT2D eigenvalue weighted by molar-refractivity contribution is 5.79. The van der Waals surface area contributed by atoms with Gasteiger partial charge in [-0.25, -0.2) is 4.98 Å². The summed E-state index contributed by atoms with van der Waals surface area (Å²) in [5.41, 5.74) is 0.660. The van der Waals surface area contributed by atoms with Crippen molar-refractivity contribution in [2.24, 2.45) is 0 Å². The Balaban J connectivity index is 1.64. The van der Waals surface area contributed by atoms with E-state index in [9.17, 15) is 14.9 Å². The van der Waals surface area contributed by atoms with Crippen LogP contribution in [-0.4, -0.2) is 29.1 Å². The number of hydrogen-bond acceptors (Lipinski definition) is 6. The molecule has 1 aromatic carbocycles. The second kappa shape index (κ2) is 6.77. The van der Waals surface area contributed by atoms with Crippen molar-refractivity contribution in [1.29, 1.82) is 0 Å². The fourth-order valence-electron chi connectivity index (χ4n) is 4.03. The molecule has 1 aliphatic rings. The molecule has 0 radical (unpaired) electrons. The Morgan fingerprint density at radius 2 is 1.97 bits per heavy atom. The van der Waals surface area contributed by atoms with Gasteiger partial charge in [-0.05, 0) is 25.0 Å². The van der Waals surface area contributed by atoms with Gasteiger partial charge in [0.15, 0.2) is 5.82 Å². The van der Waals surface area contributed by atoms with E-state index in [0.29, 0.717) is 28.3 Å².